The first kappa shape index (κ1) is 19.3. The molecule has 2 aromatic heterocycles. The summed E-state index contributed by atoms with van der Waals surface area (Å²) in [6.07, 6.45) is 5.91. The van der Waals surface area contributed by atoms with Crippen molar-refractivity contribution in [2.45, 2.75) is 39.2 Å². The second-order valence-electron chi connectivity index (χ2n) is 7.55. The lowest BCUT2D eigenvalue weighted by Crippen LogP contribution is -2.19. The second kappa shape index (κ2) is 8.55. The molecule has 1 N–H and O–H groups in total. The zero-order valence-corrected chi connectivity index (χ0v) is 17.0. The van der Waals surface area contributed by atoms with Crippen LogP contribution in [0.4, 0.5) is 10.5 Å². The molecule has 0 saturated heterocycles. The van der Waals surface area contributed by atoms with Crippen LogP contribution >= 0.6 is 0 Å². The molecule has 0 atom stereocenters. The number of fused-ring (bicyclic) bond motifs is 1. The van der Waals surface area contributed by atoms with Crippen molar-refractivity contribution in [3.8, 4) is 5.75 Å². The van der Waals surface area contributed by atoms with Gasteiger partial charge in [0.2, 0.25) is 0 Å². The van der Waals surface area contributed by atoms with Crippen molar-refractivity contribution in [3.05, 3.63) is 53.9 Å². The molecule has 6 heteroatoms. The summed E-state index contributed by atoms with van der Waals surface area (Å²) >= 11 is 0. The molecule has 1 saturated carbocycles. The largest absolute Gasteiger partial charge is 0.494 e. The number of nitrogens with one attached hydrogen (secondary N) is 1. The van der Waals surface area contributed by atoms with E-state index >= 15 is 0 Å². The number of nitrogens with zero attached hydrogens (tertiary/aromatic N) is 2. The molecular formula is C23H27N3O3. The van der Waals surface area contributed by atoms with Gasteiger partial charge >= 0.3 is 6.09 Å². The average Bonchev–Trinajstić information content (AvgIpc) is 3.02. The van der Waals surface area contributed by atoms with E-state index in [2.05, 4.69) is 37.8 Å². The molecule has 0 radical (unpaired) electrons. The summed E-state index contributed by atoms with van der Waals surface area (Å²) in [6.45, 7) is 3.65. The highest BCUT2D eigenvalue weighted by Crippen LogP contribution is 2.31. The quantitative estimate of drug-likeness (QED) is 0.613. The van der Waals surface area contributed by atoms with Crippen molar-refractivity contribution in [2.24, 2.45) is 5.92 Å². The van der Waals surface area contributed by atoms with Gasteiger partial charge in [-0.2, -0.15) is 0 Å². The van der Waals surface area contributed by atoms with E-state index in [4.69, 9.17) is 4.74 Å². The summed E-state index contributed by atoms with van der Waals surface area (Å²) in [5.74, 6) is 1.62. The average molecular weight is 393 g/mol. The predicted octanol–water partition coefficient (Wildman–Crippen LogP) is 5.00. The van der Waals surface area contributed by atoms with Crippen LogP contribution in [-0.4, -0.2) is 29.4 Å². The number of amides is 1. The van der Waals surface area contributed by atoms with Gasteiger partial charge in [0.1, 0.15) is 11.4 Å². The lowest BCUT2D eigenvalue weighted by atomic mass is 9.85. The fourth-order valence-corrected chi connectivity index (χ4v) is 3.80. The first-order chi connectivity index (χ1) is 14.2. The van der Waals surface area contributed by atoms with Gasteiger partial charge in [0.25, 0.3) is 0 Å². The number of rotatable bonds is 7. The molecule has 0 bridgehead atoms. The lowest BCUT2D eigenvalue weighted by molar-refractivity contribution is 0.187. The Labute approximate surface area is 170 Å². The molecule has 1 aromatic carbocycles. The van der Waals surface area contributed by atoms with Gasteiger partial charge in [-0.25, -0.2) is 9.78 Å². The molecule has 0 unspecified atom stereocenters. The zero-order valence-electron chi connectivity index (χ0n) is 17.0. The molecule has 0 spiro atoms. The molecule has 4 rings (SSSR count). The van der Waals surface area contributed by atoms with Crippen molar-refractivity contribution < 1.29 is 14.3 Å². The van der Waals surface area contributed by atoms with E-state index in [1.165, 1.54) is 37.6 Å². The number of anilines is 1. The van der Waals surface area contributed by atoms with Gasteiger partial charge in [-0.3, -0.25) is 5.32 Å². The van der Waals surface area contributed by atoms with Crippen LogP contribution in [0, 0.1) is 5.92 Å². The smallest absolute Gasteiger partial charge is 0.411 e. The Kier molecular flexibility index (Phi) is 5.69. The Bertz CT molecular complexity index is 991. The van der Waals surface area contributed by atoms with Crippen LogP contribution in [0.1, 0.15) is 37.4 Å². The molecular weight excluding hydrogens is 366 g/mol. The molecule has 1 fully saturated rings. The number of benzene rings is 1. The fraction of sp³-hybridized carbons (Fsp3) is 0.391. The summed E-state index contributed by atoms with van der Waals surface area (Å²) in [6, 6.07) is 12.4. The maximum Gasteiger partial charge on any atom is 0.411 e. The van der Waals surface area contributed by atoms with E-state index in [0.717, 1.165) is 35.7 Å². The van der Waals surface area contributed by atoms with Crippen LogP contribution < -0.4 is 10.1 Å². The Morgan fingerprint density at radius 2 is 2.03 bits per heavy atom. The highest BCUT2D eigenvalue weighted by molar-refractivity contribution is 5.88. The van der Waals surface area contributed by atoms with Crippen LogP contribution in [0.15, 0.2) is 42.6 Å². The number of ether oxygens (including phenoxy) is 2. The monoisotopic (exact) mass is 393 g/mol. The summed E-state index contributed by atoms with van der Waals surface area (Å²) < 4.78 is 12.6. The van der Waals surface area contributed by atoms with Crippen LogP contribution in [-0.2, 0) is 17.7 Å². The standard InChI is InChI=1S/C23H27N3O3/c1-3-29-21-9-7-16(8-10-21)11-20-13-18-12-19(25-23(27)28-2)14-24-22(18)26(20)15-17-5-4-6-17/h7-10,12-14,17H,3-6,11,15H2,1-2H3,(H,25,27). The topological polar surface area (TPSA) is 65.4 Å². The Hall–Kier alpha value is -3.02. The van der Waals surface area contributed by atoms with Crippen molar-refractivity contribution in [1.82, 2.24) is 9.55 Å². The normalized spacial score (nSPS) is 13.9. The fourth-order valence-electron chi connectivity index (χ4n) is 3.80. The van der Waals surface area contributed by atoms with E-state index < -0.39 is 6.09 Å². The number of hydrogen-bond donors (Lipinski definition) is 1. The van der Waals surface area contributed by atoms with E-state index in [-0.39, 0.29) is 0 Å². The van der Waals surface area contributed by atoms with Gasteiger partial charge in [0, 0.05) is 24.0 Å². The molecule has 1 aliphatic carbocycles. The molecule has 2 heterocycles. The summed E-state index contributed by atoms with van der Waals surface area (Å²) in [5.41, 5.74) is 4.07. The molecule has 3 aromatic rings. The maximum atomic E-state index is 11.5. The molecule has 6 nitrogen and oxygen atoms in total. The molecule has 152 valence electrons. The zero-order chi connectivity index (χ0) is 20.2. The highest BCUT2D eigenvalue weighted by atomic mass is 16.5. The van der Waals surface area contributed by atoms with Crippen LogP contribution in [0.5, 0.6) is 5.75 Å². The maximum absolute atomic E-state index is 11.5. The highest BCUT2D eigenvalue weighted by Gasteiger charge is 2.21. The van der Waals surface area contributed by atoms with E-state index in [1.54, 1.807) is 6.20 Å². The number of aromatic nitrogens is 2. The van der Waals surface area contributed by atoms with Gasteiger partial charge in [0.05, 0.1) is 25.6 Å². The summed E-state index contributed by atoms with van der Waals surface area (Å²) in [7, 11) is 1.35. The van der Waals surface area contributed by atoms with Gasteiger partial charge < -0.3 is 14.0 Å². The summed E-state index contributed by atoms with van der Waals surface area (Å²) in [4.78, 5) is 16.2. The number of pyridine rings is 1. The van der Waals surface area contributed by atoms with Gasteiger partial charge in [-0.15, -0.1) is 0 Å². The molecule has 29 heavy (non-hydrogen) atoms. The third-order valence-corrected chi connectivity index (χ3v) is 5.54. The SMILES string of the molecule is CCOc1ccc(Cc2cc3cc(NC(=O)OC)cnc3n2CC2CCC2)cc1. The van der Waals surface area contributed by atoms with Gasteiger partial charge in [-0.1, -0.05) is 18.6 Å². The van der Waals surface area contributed by atoms with E-state index in [9.17, 15) is 4.79 Å². The molecule has 1 amide bonds. The van der Waals surface area contributed by atoms with Crippen molar-refractivity contribution in [3.63, 3.8) is 0 Å². The van der Waals surface area contributed by atoms with Crippen LogP contribution in [0.25, 0.3) is 11.0 Å². The first-order valence-electron chi connectivity index (χ1n) is 10.2. The number of carbonyl (C=O) groups is 1. The molecule has 0 aliphatic heterocycles. The number of carbonyl (C=O) groups excluding carboxylic acids is 1. The number of methoxy groups -OCH3 is 1. The van der Waals surface area contributed by atoms with Crippen molar-refractivity contribution in [1.29, 1.82) is 0 Å². The Morgan fingerprint density at radius 1 is 1.24 bits per heavy atom. The first-order valence-corrected chi connectivity index (χ1v) is 10.2. The second-order valence-corrected chi connectivity index (χ2v) is 7.55. The third-order valence-electron chi connectivity index (χ3n) is 5.54. The van der Waals surface area contributed by atoms with Gasteiger partial charge in [0.15, 0.2) is 0 Å². The van der Waals surface area contributed by atoms with Crippen LogP contribution in [0.2, 0.25) is 0 Å². The minimum absolute atomic E-state index is 0.491. The minimum Gasteiger partial charge on any atom is -0.494 e. The predicted molar refractivity (Wildman–Crippen MR) is 114 cm³/mol. The minimum atomic E-state index is -0.491. The number of hydrogen-bond acceptors (Lipinski definition) is 4. The third kappa shape index (κ3) is 4.36. The lowest BCUT2D eigenvalue weighted by Gasteiger charge is -2.27. The summed E-state index contributed by atoms with van der Waals surface area (Å²) in [5, 5.41) is 3.72. The van der Waals surface area contributed by atoms with Crippen molar-refractivity contribution >= 4 is 22.8 Å². The molecule has 1 aliphatic rings. The Balaban J connectivity index is 1.64. The Morgan fingerprint density at radius 3 is 2.69 bits per heavy atom. The van der Waals surface area contributed by atoms with Crippen molar-refractivity contribution in [2.75, 3.05) is 19.0 Å². The van der Waals surface area contributed by atoms with E-state index in [0.29, 0.717) is 12.3 Å². The van der Waals surface area contributed by atoms with Crippen LogP contribution in [0.3, 0.4) is 0 Å². The van der Waals surface area contributed by atoms with Gasteiger partial charge in [-0.05, 0) is 55.5 Å². The van der Waals surface area contributed by atoms with E-state index in [1.807, 2.05) is 25.1 Å².